The van der Waals surface area contributed by atoms with Crippen molar-refractivity contribution in [2.75, 3.05) is 18.1 Å². The summed E-state index contributed by atoms with van der Waals surface area (Å²) in [5.74, 6) is 3.51. The maximum atomic E-state index is 4.36. The van der Waals surface area contributed by atoms with Crippen LogP contribution in [0.5, 0.6) is 0 Å². The van der Waals surface area contributed by atoms with E-state index in [0.29, 0.717) is 6.04 Å². The van der Waals surface area contributed by atoms with Gasteiger partial charge in [-0.3, -0.25) is 0 Å². The summed E-state index contributed by atoms with van der Waals surface area (Å²) in [4.78, 5) is 4.36. The van der Waals surface area contributed by atoms with Crippen LogP contribution in [0.2, 0.25) is 0 Å². The molecule has 86 valence electrons. The highest BCUT2D eigenvalue weighted by molar-refractivity contribution is 7.99. The molecule has 0 fully saturated rings. The summed E-state index contributed by atoms with van der Waals surface area (Å²) in [6.07, 6.45) is 4.89. The second kappa shape index (κ2) is 6.90. The normalized spacial score (nSPS) is 13.0. The zero-order chi connectivity index (χ0) is 11.1. The SMILES string of the molecule is CCNC(CSCC)Cc1nccn1C. The van der Waals surface area contributed by atoms with Gasteiger partial charge in [-0.05, 0) is 12.3 Å². The van der Waals surface area contributed by atoms with Gasteiger partial charge in [0.15, 0.2) is 0 Å². The molecule has 0 aliphatic heterocycles. The van der Waals surface area contributed by atoms with E-state index >= 15 is 0 Å². The van der Waals surface area contributed by atoms with E-state index in [1.165, 1.54) is 5.75 Å². The number of rotatable bonds is 7. The molecular weight excluding hydrogens is 206 g/mol. The Kier molecular flexibility index (Phi) is 5.79. The summed E-state index contributed by atoms with van der Waals surface area (Å²) >= 11 is 1.98. The van der Waals surface area contributed by atoms with Crippen molar-refractivity contribution in [3.63, 3.8) is 0 Å². The Bertz CT molecular complexity index is 273. The van der Waals surface area contributed by atoms with Gasteiger partial charge >= 0.3 is 0 Å². The Balaban J connectivity index is 2.46. The number of hydrogen-bond acceptors (Lipinski definition) is 3. The lowest BCUT2D eigenvalue weighted by Gasteiger charge is -2.16. The van der Waals surface area contributed by atoms with E-state index in [2.05, 4.69) is 35.8 Å². The van der Waals surface area contributed by atoms with Crippen molar-refractivity contribution in [1.82, 2.24) is 14.9 Å². The van der Waals surface area contributed by atoms with Gasteiger partial charge in [-0.1, -0.05) is 13.8 Å². The lowest BCUT2D eigenvalue weighted by molar-refractivity contribution is 0.550. The number of imidazole rings is 1. The van der Waals surface area contributed by atoms with Gasteiger partial charge in [-0.2, -0.15) is 11.8 Å². The molecular formula is C11H21N3S. The zero-order valence-corrected chi connectivity index (χ0v) is 10.7. The van der Waals surface area contributed by atoms with E-state index in [9.17, 15) is 0 Å². The van der Waals surface area contributed by atoms with Crippen LogP contribution in [0.25, 0.3) is 0 Å². The highest BCUT2D eigenvalue weighted by Gasteiger charge is 2.10. The number of nitrogens with zero attached hydrogens (tertiary/aromatic N) is 2. The molecule has 15 heavy (non-hydrogen) atoms. The molecule has 0 saturated heterocycles. The smallest absolute Gasteiger partial charge is 0.109 e. The highest BCUT2D eigenvalue weighted by Crippen LogP contribution is 2.07. The summed E-state index contributed by atoms with van der Waals surface area (Å²) in [5.41, 5.74) is 0. The molecule has 1 rings (SSSR count). The summed E-state index contributed by atoms with van der Waals surface area (Å²) in [5, 5.41) is 3.51. The van der Waals surface area contributed by atoms with Crippen LogP contribution in [0.15, 0.2) is 12.4 Å². The van der Waals surface area contributed by atoms with Crippen LogP contribution < -0.4 is 5.32 Å². The first-order valence-corrected chi connectivity index (χ1v) is 6.70. The van der Waals surface area contributed by atoms with E-state index in [4.69, 9.17) is 0 Å². The van der Waals surface area contributed by atoms with Gasteiger partial charge in [0.1, 0.15) is 5.82 Å². The fourth-order valence-electron chi connectivity index (χ4n) is 1.55. The van der Waals surface area contributed by atoms with Crippen LogP contribution in [0.4, 0.5) is 0 Å². The molecule has 0 aromatic carbocycles. The Morgan fingerprint density at radius 3 is 2.87 bits per heavy atom. The van der Waals surface area contributed by atoms with Gasteiger partial charge < -0.3 is 9.88 Å². The van der Waals surface area contributed by atoms with E-state index in [1.54, 1.807) is 0 Å². The first kappa shape index (κ1) is 12.6. The summed E-state index contributed by atoms with van der Waals surface area (Å²) < 4.78 is 2.10. The number of thioether (sulfide) groups is 1. The topological polar surface area (TPSA) is 29.9 Å². The second-order valence-electron chi connectivity index (χ2n) is 3.57. The second-order valence-corrected chi connectivity index (χ2v) is 4.89. The Morgan fingerprint density at radius 1 is 1.53 bits per heavy atom. The van der Waals surface area contributed by atoms with Crippen LogP contribution in [-0.2, 0) is 13.5 Å². The van der Waals surface area contributed by atoms with Crippen molar-refractivity contribution in [2.45, 2.75) is 26.3 Å². The summed E-state index contributed by atoms with van der Waals surface area (Å²) in [6, 6.07) is 0.543. The monoisotopic (exact) mass is 227 g/mol. The summed E-state index contributed by atoms with van der Waals surface area (Å²) in [6.45, 7) is 5.38. The molecule has 0 aliphatic rings. The van der Waals surface area contributed by atoms with Crippen molar-refractivity contribution in [1.29, 1.82) is 0 Å². The van der Waals surface area contributed by atoms with Gasteiger partial charge in [0.25, 0.3) is 0 Å². The molecule has 4 heteroatoms. The largest absolute Gasteiger partial charge is 0.338 e. The van der Waals surface area contributed by atoms with Crippen LogP contribution in [0.3, 0.4) is 0 Å². The minimum Gasteiger partial charge on any atom is -0.338 e. The molecule has 1 unspecified atom stereocenters. The average molecular weight is 227 g/mol. The van der Waals surface area contributed by atoms with Gasteiger partial charge in [0, 0.05) is 37.7 Å². The number of hydrogen-bond donors (Lipinski definition) is 1. The Hall–Kier alpha value is -0.480. The Morgan fingerprint density at radius 2 is 2.33 bits per heavy atom. The van der Waals surface area contributed by atoms with Gasteiger partial charge in [-0.15, -0.1) is 0 Å². The third-order valence-electron chi connectivity index (χ3n) is 2.37. The minimum atomic E-state index is 0.543. The van der Waals surface area contributed by atoms with Gasteiger partial charge in [-0.25, -0.2) is 4.98 Å². The van der Waals surface area contributed by atoms with E-state index in [-0.39, 0.29) is 0 Å². The van der Waals surface area contributed by atoms with E-state index in [0.717, 1.165) is 24.5 Å². The number of aryl methyl sites for hydroxylation is 1. The lowest BCUT2D eigenvalue weighted by atomic mass is 10.2. The Labute approximate surface area is 96.7 Å². The quantitative estimate of drug-likeness (QED) is 0.769. The average Bonchev–Trinajstić information content (AvgIpc) is 2.61. The van der Waals surface area contributed by atoms with Crippen LogP contribution in [0, 0.1) is 0 Å². The maximum Gasteiger partial charge on any atom is 0.109 e. The predicted octanol–water partition coefficient (Wildman–Crippen LogP) is 1.69. The molecule has 0 spiro atoms. The fraction of sp³-hybridized carbons (Fsp3) is 0.727. The standard InChI is InChI=1S/C11H21N3S/c1-4-12-10(9-15-5-2)8-11-13-6-7-14(11)3/h6-7,10,12H,4-5,8-9H2,1-3H3. The first-order valence-electron chi connectivity index (χ1n) is 5.55. The molecule has 1 atom stereocenters. The van der Waals surface area contributed by atoms with Crippen molar-refractivity contribution in [2.24, 2.45) is 7.05 Å². The molecule has 1 aromatic heterocycles. The molecule has 3 nitrogen and oxygen atoms in total. The van der Waals surface area contributed by atoms with Crippen molar-refractivity contribution >= 4 is 11.8 Å². The predicted molar refractivity (Wildman–Crippen MR) is 67.4 cm³/mol. The van der Waals surface area contributed by atoms with Crippen LogP contribution in [0.1, 0.15) is 19.7 Å². The molecule has 0 radical (unpaired) electrons. The number of nitrogens with one attached hydrogen (secondary N) is 1. The van der Waals surface area contributed by atoms with Gasteiger partial charge in [0.2, 0.25) is 0 Å². The highest BCUT2D eigenvalue weighted by atomic mass is 32.2. The van der Waals surface area contributed by atoms with Gasteiger partial charge in [0.05, 0.1) is 0 Å². The van der Waals surface area contributed by atoms with Crippen LogP contribution >= 0.6 is 11.8 Å². The maximum absolute atomic E-state index is 4.36. The third-order valence-corrected chi connectivity index (χ3v) is 3.41. The summed E-state index contributed by atoms with van der Waals surface area (Å²) in [7, 11) is 2.05. The van der Waals surface area contributed by atoms with Crippen LogP contribution in [-0.4, -0.2) is 33.6 Å². The van der Waals surface area contributed by atoms with Crippen molar-refractivity contribution < 1.29 is 0 Å². The molecule has 0 amide bonds. The molecule has 1 aromatic rings. The molecule has 1 heterocycles. The molecule has 0 saturated carbocycles. The van der Waals surface area contributed by atoms with Crippen molar-refractivity contribution in [3.05, 3.63) is 18.2 Å². The number of aromatic nitrogens is 2. The fourth-order valence-corrected chi connectivity index (χ4v) is 2.31. The third kappa shape index (κ3) is 4.26. The minimum absolute atomic E-state index is 0.543. The molecule has 1 N–H and O–H groups in total. The zero-order valence-electron chi connectivity index (χ0n) is 9.86. The first-order chi connectivity index (χ1) is 7.27. The van der Waals surface area contributed by atoms with E-state index < -0.39 is 0 Å². The van der Waals surface area contributed by atoms with Crippen molar-refractivity contribution in [3.8, 4) is 0 Å². The molecule has 0 bridgehead atoms. The number of likely N-dealkylation sites (N-methyl/N-ethyl adjacent to an activating group) is 1. The lowest BCUT2D eigenvalue weighted by Crippen LogP contribution is -2.34. The van der Waals surface area contributed by atoms with E-state index in [1.807, 2.05) is 24.2 Å². The molecule has 0 aliphatic carbocycles.